The van der Waals surface area contributed by atoms with Gasteiger partial charge in [0.25, 0.3) is 0 Å². The predicted molar refractivity (Wildman–Crippen MR) is 154 cm³/mol. The Morgan fingerprint density at radius 2 is 1.79 bits per heavy atom. The molecule has 3 fully saturated rings. The van der Waals surface area contributed by atoms with E-state index in [1.165, 1.54) is 54.5 Å². The standard InChI is InChI=1S/C34H39N3O2/c1-34(2)29-18-31(37-13-11-36(12-14-37)26-20-39-21-26)24(9-7-22-5-3-4-6-22)16-28(29)33(38)32-27-10-8-23(19-35)15-25(27)17-30(32)34/h8,10,15-16,18,22,26H,3-7,9,11-14,17,20-21H2,1-2H3. The van der Waals surface area contributed by atoms with Crippen molar-refractivity contribution in [3.05, 3.63) is 69.3 Å². The number of aryl methyl sites for hydroxylation is 1. The van der Waals surface area contributed by atoms with E-state index in [9.17, 15) is 10.1 Å². The van der Waals surface area contributed by atoms with Crippen molar-refractivity contribution in [2.45, 2.75) is 70.3 Å². The molecule has 0 bridgehead atoms. The van der Waals surface area contributed by atoms with Gasteiger partial charge >= 0.3 is 0 Å². The zero-order valence-electron chi connectivity index (χ0n) is 23.4. The van der Waals surface area contributed by atoms with Crippen LogP contribution in [0.15, 0.2) is 35.9 Å². The SMILES string of the molecule is CC1(C)C2=C(C(=O)c3cc(CCC4CCCC4)c(N4CCN(C5COC5)CC4)cc31)c1ccc(C#N)cc1C2. The predicted octanol–water partition coefficient (Wildman–Crippen LogP) is 5.69. The Labute approximate surface area is 232 Å². The maximum Gasteiger partial charge on any atom is 0.193 e. The summed E-state index contributed by atoms with van der Waals surface area (Å²) in [6, 6.07) is 13.4. The fraction of sp³-hybridized carbons (Fsp3) is 0.529. The van der Waals surface area contributed by atoms with Crippen molar-refractivity contribution in [3.63, 3.8) is 0 Å². The summed E-state index contributed by atoms with van der Waals surface area (Å²) in [5.74, 6) is 0.994. The number of hydrogen-bond acceptors (Lipinski definition) is 5. The Kier molecular flexibility index (Phi) is 6.17. The summed E-state index contributed by atoms with van der Waals surface area (Å²) in [5, 5.41) is 9.46. The van der Waals surface area contributed by atoms with Crippen LogP contribution in [0.2, 0.25) is 0 Å². The number of piperazine rings is 1. The number of benzene rings is 2. The molecule has 3 aliphatic carbocycles. The second kappa shape index (κ2) is 9.61. The summed E-state index contributed by atoms with van der Waals surface area (Å²) < 4.78 is 5.46. The Balaban J connectivity index is 1.26. The first-order valence-corrected chi connectivity index (χ1v) is 15.0. The highest BCUT2D eigenvalue weighted by atomic mass is 16.5. The van der Waals surface area contributed by atoms with E-state index in [1.807, 2.05) is 18.2 Å². The normalized spacial score (nSPS) is 22.9. The molecule has 0 radical (unpaired) electrons. The number of fused-ring (bicyclic) bond motifs is 3. The molecule has 2 heterocycles. The van der Waals surface area contributed by atoms with Gasteiger partial charge < -0.3 is 9.64 Å². The van der Waals surface area contributed by atoms with Crippen molar-refractivity contribution in [1.29, 1.82) is 5.26 Å². The van der Waals surface area contributed by atoms with Gasteiger partial charge in [-0.2, -0.15) is 5.26 Å². The van der Waals surface area contributed by atoms with Crippen molar-refractivity contribution >= 4 is 17.0 Å². The third-order valence-electron chi connectivity index (χ3n) is 10.4. The third-order valence-corrected chi connectivity index (χ3v) is 10.4. The van der Waals surface area contributed by atoms with Crippen molar-refractivity contribution in [2.24, 2.45) is 5.92 Å². The molecule has 5 heteroatoms. The number of carbonyl (C=O) groups excluding carboxylic acids is 1. The number of hydrogen-bond donors (Lipinski definition) is 0. The zero-order valence-corrected chi connectivity index (χ0v) is 23.4. The number of nitrogens with zero attached hydrogens (tertiary/aromatic N) is 3. The molecule has 0 aromatic heterocycles. The molecule has 0 unspecified atom stereocenters. The van der Waals surface area contributed by atoms with Crippen LogP contribution < -0.4 is 4.90 Å². The van der Waals surface area contributed by atoms with E-state index in [2.05, 4.69) is 41.8 Å². The summed E-state index contributed by atoms with van der Waals surface area (Å²) in [6.07, 6.45) is 8.45. The molecule has 2 aromatic rings. The summed E-state index contributed by atoms with van der Waals surface area (Å²) in [5.41, 5.74) is 9.44. The molecule has 5 nitrogen and oxygen atoms in total. The topological polar surface area (TPSA) is 56.6 Å². The Morgan fingerprint density at radius 1 is 1.03 bits per heavy atom. The number of anilines is 1. The Bertz CT molecular complexity index is 1400. The molecule has 5 aliphatic rings. The minimum atomic E-state index is -0.242. The Hall–Kier alpha value is -2.94. The summed E-state index contributed by atoms with van der Waals surface area (Å²) in [7, 11) is 0. The van der Waals surface area contributed by atoms with Gasteiger partial charge in [-0.3, -0.25) is 9.69 Å². The van der Waals surface area contributed by atoms with Crippen LogP contribution in [0, 0.1) is 17.2 Å². The largest absolute Gasteiger partial charge is 0.378 e. The number of rotatable bonds is 5. The van der Waals surface area contributed by atoms with E-state index >= 15 is 0 Å². The lowest BCUT2D eigenvalue weighted by atomic mass is 9.67. The van der Waals surface area contributed by atoms with E-state index in [0.717, 1.165) is 80.4 Å². The van der Waals surface area contributed by atoms with Crippen molar-refractivity contribution < 1.29 is 9.53 Å². The molecule has 0 atom stereocenters. The first-order valence-electron chi connectivity index (χ1n) is 15.0. The number of ketones is 1. The van der Waals surface area contributed by atoms with Gasteiger partial charge in [-0.25, -0.2) is 0 Å². The van der Waals surface area contributed by atoms with E-state index in [0.29, 0.717) is 11.6 Å². The van der Waals surface area contributed by atoms with Gasteiger partial charge in [0.15, 0.2) is 5.78 Å². The van der Waals surface area contributed by atoms with Gasteiger partial charge in [-0.1, -0.05) is 45.6 Å². The minimum Gasteiger partial charge on any atom is -0.378 e. The summed E-state index contributed by atoms with van der Waals surface area (Å²) in [4.78, 5) is 19.4. The number of ether oxygens (including phenoxy) is 1. The van der Waals surface area contributed by atoms with Gasteiger partial charge in [0, 0.05) is 48.4 Å². The highest BCUT2D eigenvalue weighted by Gasteiger charge is 2.43. The summed E-state index contributed by atoms with van der Waals surface area (Å²) >= 11 is 0. The Morgan fingerprint density at radius 3 is 2.49 bits per heavy atom. The van der Waals surface area contributed by atoms with E-state index < -0.39 is 0 Å². The fourth-order valence-corrected chi connectivity index (χ4v) is 7.84. The average molecular weight is 522 g/mol. The van der Waals surface area contributed by atoms with E-state index in [1.54, 1.807) is 0 Å². The van der Waals surface area contributed by atoms with Crippen LogP contribution >= 0.6 is 0 Å². The molecular weight excluding hydrogens is 482 g/mol. The molecule has 39 heavy (non-hydrogen) atoms. The maximum atomic E-state index is 14.2. The van der Waals surface area contributed by atoms with Crippen LogP contribution in [0.5, 0.6) is 0 Å². The van der Waals surface area contributed by atoms with E-state index in [-0.39, 0.29) is 11.2 Å². The van der Waals surface area contributed by atoms with Crippen molar-refractivity contribution in [2.75, 3.05) is 44.3 Å². The highest BCUT2D eigenvalue weighted by Crippen LogP contribution is 2.51. The number of carbonyl (C=O) groups is 1. The van der Waals surface area contributed by atoms with Crippen LogP contribution in [0.25, 0.3) is 5.57 Å². The molecule has 0 N–H and O–H groups in total. The molecule has 7 rings (SSSR count). The lowest BCUT2D eigenvalue weighted by Crippen LogP contribution is -2.56. The van der Waals surface area contributed by atoms with Crippen LogP contribution in [-0.2, 0) is 23.0 Å². The smallest absolute Gasteiger partial charge is 0.193 e. The molecule has 0 spiro atoms. The highest BCUT2D eigenvalue weighted by molar-refractivity contribution is 6.33. The van der Waals surface area contributed by atoms with Crippen LogP contribution in [0.1, 0.15) is 84.1 Å². The van der Waals surface area contributed by atoms with Crippen LogP contribution in [0.4, 0.5) is 5.69 Å². The molecule has 2 aromatic carbocycles. The molecular formula is C34H39N3O2. The maximum absolute atomic E-state index is 14.2. The molecule has 1 saturated carbocycles. The monoisotopic (exact) mass is 521 g/mol. The second-order valence-electron chi connectivity index (χ2n) is 12.9. The molecule has 2 saturated heterocycles. The van der Waals surface area contributed by atoms with E-state index in [4.69, 9.17) is 4.74 Å². The number of nitriles is 1. The minimum absolute atomic E-state index is 0.172. The third kappa shape index (κ3) is 4.15. The van der Waals surface area contributed by atoms with Gasteiger partial charge in [0.2, 0.25) is 0 Å². The average Bonchev–Trinajstić information content (AvgIpc) is 3.58. The van der Waals surface area contributed by atoms with Gasteiger partial charge in [-0.05, 0) is 77.3 Å². The van der Waals surface area contributed by atoms with Gasteiger partial charge in [0.05, 0.1) is 30.9 Å². The van der Waals surface area contributed by atoms with Crippen LogP contribution in [0.3, 0.4) is 0 Å². The number of Topliss-reactive ketones (excluding diaryl/α,β-unsaturated/α-hetero) is 1. The molecule has 2 aliphatic heterocycles. The van der Waals surface area contributed by atoms with Gasteiger partial charge in [-0.15, -0.1) is 0 Å². The van der Waals surface area contributed by atoms with Crippen molar-refractivity contribution in [1.82, 2.24) is 4.90 Å². The first-order chi connectivity index (χ1) is 18.9. The molecule has 0 amide bonds. The quantitative estimate of drug-likeness (QED) is 0.506. The fourth-order valence-electron chi connectivity index (χ4n) is 7.84. The lowest BCUT2D eigenvalue weighted by molar-refractivity contribution is -0.0660. The van der Waals surface area contributed by atoms with Gasteiger partial charge in [0.1, 0.15) is 0 Å². The summed E-state index contributed by atoms with van der Waals surface area (Å²) in [6.45, 7) is 10.5. The first kappa shape index (κ1) is 25.1. The zero-order chi connectivity index (χ0) is 26.7. The number of allylic oxidation sites excluding steroid dienone is 2. The molecule has 202 valence electrons. The van der Waals surface area contributed by atoms with Crippen LogP contribution in [-0.4, -0.2) is 56.1 Å². The lowest BCUT2D eigenvalue weighted by Gasteiger charge is -2.44. The van der Waals surface area contributed by atoms with Crippen molar-refractivity contribution in [3.8, 4) is 6.07 Å². The second-order valence-corrected chi connectivity index (χ2v) is 12.9.